The van der Waals surface area contributed by atoms with Gasteiger partial charge in [0.2, 0.25) is 0 Å². The van der Waals surface area contributed by atoms with Gasteiger partial charge in [0.1, 0.15) is 6.73 Å². The van der Waals surface area contributed by atoms with E-state index in [-0.39, 0.29) is 5.78 Å². The van der Waals surface area contributed by atoms with Gasteiger partial charge < -0.3 is 9.30 Å². The summed E-state index contributed by atoms with van der Waals surface area (Å²) in [4.78, 5) is 10.7. The Hall–Kier alpha value is -1.35. The molecule has 0 aliphatic rings. The largest absolute Gasteiger partial charge is 0.361 e. The SMILES string of the molecule is CCOCn1ccc(/C=C/C(C)=O)c1. The maximum Gasteiger partial charge on any atom is 0.152 e. The van der Waals surface area contributed by atoms with Crippen LogP contribution in [0.4, 0.5) is 0 Å². The lowest BCUT2D eigenvalue weighted by atomic mass is 10.3. The van der Waals surface area contributed by atoms with E-state index < -0.39 is 0 Å². The highest BCUT2D eigenvalue weighted by atomic mass is 16.5. The predicted molar refractivity (Wildman–Crippen MR) is 55.8 cm³/mol. The van der Waals surface area contributed by atoms with E-state index in [1.807, 2.05) is 30.0 Å². The molecule has 0 amide bonds. The number of hydrogen-bond donors (Lipinski definition) is 0. The van der Waals surface area contributed by atoms with Crippen molar-refractivity contribution in [1.82, 2.24) is 4.57 Å². The Bertz CT molecular complexity index is 326. The lowest BCUT2D eigenvalue weighted by Crippen LogP contribution is -1.98. The second-order valence-electron chi connectivity index (χ2n) is 3.02. The van der Waals surface area contributed by atoms with Gasteiger partial charge >= 0.3 is 0 Å². The van der Waals surface area contributed by atoms with Crippen molar-refractivity contribution in [2.24, 2.45) is 0 Å². The highest BCUT2D eigenvalue weighted by molar-refractivity contribution is 5.91. The van der Waals surface area contributed by atoms with Gasteiger partial charge in [0, 0.05) is 19.0 Å². The summed E-state index contributed by atoms with van der Waals surface area (Å²) in [5, 5.41) is 0. The molecule has 14 heavy (non-hydrogen) atoms. The molecule has 0 aromatic carbocycles. The van der Waals surface area contributed by atoms with Crippen molar-refractivity contribution in [3.05, 3.63) is 30.1 Å². The second-order valence-corrected chi connectivity index (χ2v) is 3.02. The summed E-state index contributed by atoms with van der Waals surface area (Å²) < 4.78 is 7.16. The molecule has 1 heterocycles. The fourth-order valence-corrected chi connectivity index (χ4v) is 1.05. The summed E-state index contributed by atoms with van der Waals surface area (Å²) in [5.41, 5.74) is 1.01. The minimum absolute atomic E-state index is 0.0579. The number of nitrogens with zero attached hydrogens (tertiary/aromatic N) is 1. The fraction of sp³-hybridized carbons (Fsp3) is 0.364. The molecule has 76 valence electrons. The van der Waals surface area contributed by atoms with Crippen LogP contribution >= 0.6 is 0 Å². The first-order valence-corrected chi connectivity index (χ1v) is 4.64. The highest BCUT2D eigenvalue weighted by Crippen LogP contribution is 2.03. The van der Waals surface area contributed by atoms with Crippen LogP contribution in [0.15, 0.2) is 24.5 Å². The minimum atomic E-state index is 0.0579. The van der Waals surface area contributed by atoms with E-state index in [2.05, 4.69) is 0 Å². The molecular formula is C11H15NO2. The third-order valence-electron chi connectivity index (χ3n) is 1.73. The summed E-state index contributed by atoms with van der Waals surface area (Å²) in [6.07, 6.45) is 7.22. The standard InChI is InChI=1S/C11H15NO2/c1-3-14-9-12-7-6-11(8-12)5-4-10(2)13/h4-8H,3,9H2,1-2H3/b5-4+. The number of carbonyl (C=O) groups is 1. The van der Waals surface area contributed by atoms with E-state index in [0.717, 1.165) is 5.56 Å². The maximum absolute atomic E-state index is 10.7. The van der Waals surface area contributed by atoms with Gasteiger partial charge in [-0.05, 0) is 37.6 Å². The van der Waals surface area contributed by atoms with Crippen LogP contribution in [0.1, 0.15) is 19.4 Å². The van der Waals surface area contributed by atoms with Crippen molar-refractivity contribution in [2.45, 2.75) is 20.6 Å². The fourth-order valence-electron chi connectivity index (χ4n) is 1.05. The first-order chi connectivity index (χ1) is 6.72. The lowest BCUT2D eigenvalue weighted by Gasteiger charge is -2.00. The van der Waals surface area contributed by atoms with Crippen molar-refractivity contribution in [1.29, 1.82) is 0 Å². The van der Waals surface area contributed by atoms with Gasteiger partial charge in [0.15, 0.2) is 5.78 Å². The molecule has 0 fully saturated rings. The van der Waals surface area contributed by atoms with Gasteiger partial charge in [-0.2, -0.15) is 0 Å². The second kappa shape index (κ2) is 5.40. The number of ether oxygens (including phenoxy) is 1. The first kappa shape index (κ1) is 10.7. The number of carbonyl (C=O) groups excluding carboxylic acids is 1. The molecule has 0 atom stereocenters. The van der Waals surface area contributed by atoms with Crippen LogP contribution in [0, 0.1) is 0 Å². The molecule has 1 rings (SSSR count). The van der Waals surface area contributed by atoms with Gasteiger partial charge in [-0.25, -0.2) is 0 Å². The molecule has 0 aliphatic heterocycles. The summed E-state index contributed by atoms with van der Waals surface area (Å²) >= 11 is 0. The molecule has 0 bridgehead atoms. The Balaban J connectivity index is 2.54. The van der Waals surface area contributed by atoms with Gasteiger partial charge in [-0.1, -0.05) is 0 Å². The molecule has 0 unspecified atom stereocenters. The molecule has 0 saturated carbocycles. The Kier molecular flexibility index (Phi) is 4.13. The molecular weight excluding hydrogens is 178 g/mol. The number of allylic oxidation sites excluding steroid dienone is 1. The van der Waals surface area contributed by atoms with Crippen LogP contribution in [0.5, 0.6) is 0 Å². The topological polar surface area (TPSA) is 31.2 Å². The third kappa shape index (κ3) is 3.58. The Morgan fingerprint density at radius 1 is 1.64 bits per heavy atom. The number of ketones is 1. The van der Waals surface area contributed by atoms with Gasteiger partial charge in [0.25, 0.3) is 0 Å². The van der Waals surface area contributed by atoms with Crippen LogP contribution < -0.4 is 0 Å². The van der Waals surface area contributed by atoms with Gasteiger partial charge in [0.05, 0.1) is 0 Å². The van der Waals surface area contributed by atoms with E-state index in [9.17, 15) is 4.79 Å². The average molecular weight is 193 g/mol. The number of aromatic nitrogens is 1. The monoisotopic (exact) mass is 193 g/mol. The highest BCUT2D eigenvalue weighted by Gasteiger charge is 1.93. The Morgan fingerprint density at radius 3 is 3.07 bits per heavy atom. The van der Waals surface area contributed by atoms with E-state index in [1.165, 1.54) is 6.92 Å². The average Bonchev–Trinajstić information content (AvgIpc) is 2.59. The molecule has 0 radical (unpaired) electrons. The summed E-state index contributed by atoms with van der Waals surface area (Å²) in [6, 6.07) is 1.94. The van der Waals surface area contributed by atoms with Crippen molar-refractivity contribution >= 4 is 11.9 Å². The van der Waals surface area contributed by atoms with Crippen LogP contribution in [-0.4, -0.2) is 17.0 Å². The van der Waals surface area contributed by atoms with Crippen LogP contribution in [-0.2, 0) is 16.3 Å². The quantitative estimate of drug-likeness (QED) is 0.670. The van der Waals surface area contributed by atoms with Crippen LogP contribution in [0.25, 0.3) is 6.08 Å². The minimum Gasteiger partial charge on any atom is -0.361 e. The smallest absolute Gasteiger partial charge is 0.152 e. The number of rotatable bonds is 5. The molecule has 0 saturated heterocycles. The molecule has 0 aliphatic carbocycles. The number of hydrogen-bond acceptors (Lipinski definition) is 2. The summed E-state index contributed by atoms with van der Waals surface area (Å²) in [6.45, 7) is 4.76. The molecule has 0 spiro atoms. The molecule has 1 aromatic heterocycles. The third-order valence-corrected chi connectivity index (χ3v) is 1.73. The Morgan fingerprint density at radius 2 is 2.43 bits per heavy atom. The van der Waals surface area contributed by atoms with E-state index in [4.69, 9.17) is 4.74 Å². The van der Waals surface area contributed by atoms with Gasteiger partial charge in [-0.15, -0.1) is 0 Å². The maximum atomic E-state index is 10.7. The zero-order chi connectivity index (χ0) is 10.4. The lowest BCUT2D eigenvalue weighted by molar-refractivity contribution is -0.112. The Labute approximate surface area is 84.0 Å². The molecule has 1 aromatic rings. The normalized spacial score (nSPS) is 11.0. The summed E-state index contributed by atoms with van der Waals surface area (Å²) in [5.74, 6) is 0.0579. The van der Waals surface area contributed by atoms with E-state index in [1.54, 1.807) is 12.2 Å². The molecule has 3 nitrogen and oxygen atoms in total. The van der Waals surface area contributed by atoms with E-state index in [0.29, 0.717) is 13.3 Å². The zero-order valence-corrected chi connectivity index (χ0v) is 8.56. The zero-order valence-electron chi connectivity index (χ0n) is 8.56. The van der Waals surface area contributed by atoms with Crippen molar-refractivity contribution in [3.8, 4) is 0 Å². The van der Waals surface area contributed by atoms with Crippen molar-refractivity contribution < 1.29 is 9.53 Å². The first-order valence-electron chi connectivity index (χ1n) is 4.64. The van der Waals surface area contributed by atoms with E-state index >= 15 is 0 Å². The van der Waals surface area contributed by atoms with Gasteiger partial charge in [-0.3, -0.25) is 4.79 Å². The van der Waals surface area contributed by atoms with Crippen LogP contribution in [0.2, 0.25) is 0 Å². The molecule has 3 heteroatoms. The van der Waals surface area contributed by atoms with Crippen molar-refractivity contribution in [3.63, 3.8) is 0 Å². The van der Waals surface area contributed by atoms with Crippen LogP contribution in [0.3, 0.4) is 0 Å². The predicted octanol–water partition coefficient (Wildman–Crippen LogP) is 2.08. The summed E-state index contributed by atoms with van der Waals surface area (Å²) in [7, 11) is 0. The van der Waals surface area contributed by atoms with Crippen molar-refractivity contribution in [2.75, 3.05) is 6.61 Å². The molecule has 0 N–H and O–H groups in total.